The second-order valence-corrected chi connectivity index (χ2v) is 3.11. The summed E-state index contributed by atoms with van der Waals surface area (Å²) in [7, 11) is 2.80. The van der Waals surface area contributed by atoms with Crippen molar-refractivity contribution in [2.75, 3.05) is 27.4 Å². The molecule has 0 radical (unpaired) electrons. The quantitative estimate of drug-likeness (QED) is 0.620. The van der Waals surface area contributed by atoms with E-state index in [9.17, 15) is 13.2 Å². The molecule has 0 fully saturated rings. The summed E-state index contributed by atoms with van der Waals surface area (Å²) in [5, 5.41) is 0. The van der Waals surface area contributed by atoms with Crippen molar-refractivity contribution in [1.82, 2.24) is 9.97 Å². The molecule has 0 amide bonds. The molecule has 17 heavy (non-hydrogen) atoms. The van der Waals surface area contributed by atoms with Crippen LogP contribution in [-0.4, -0.2) is 37.4 Å². The molecule has 1 atom stereocenters. The molecule has 0 aromatic carbocycles. The summed E-state index contributed by atoms with van der Waals surface area (Å²) in [6, 6.07) is 0. The molecule has 98 valence electrons. The first-order chi connectivity index (χ1) is 7.99. The summed E-state index contributed by atoms with van der Waals surface area (Å²) in [5.41, 5.74) is -0.940. The van der Waals surface area contributed by atoms with Crippen LogP contribution in [-0.2, 0) is 20.4 Å². The lowest BCUT2D eigenvalue weighted by Crippen LogP contribution is -2.13. The first-order valence-corrected chi connectivity index (χ1v) is 4.74. The summed E-state index contributed by atoms with van der Waals surface area (Å²) in [6.07, 6.45) is -4.74. The molecule has 8 heteroatoms. The average Bonchev–Trinajstić information content (AvgIpc) is 2.73. The molecule has 1 aromatic heterocycles. The van der Waals surface area contributed by atoms with Gasteiger partial charge in [-0.3, -0.25) is 0 Å². The average molecular weight is 254 g/mol. The van der Waals surface area contributed by atoms with Crippen LogP contribution in [0.5, 0.6) is 0 Å². The van der Waals surface area contributed by atoms with E-state index in [-0.39, 0.29) is 12.4 Å². The molecule has 1 N–H and O–H groups in total. The SMILES string of the molecule is COCCOC(OC)c1ncc(C(F)(F)F)[nH]1. The Morgan fingerprint density at radius 2 is 2.06 bits per heavy atom. The number of imidazole rings is 1. The minimum Gasteiger partial charge on any atom is -0.382 e. The molecule has 1 rings (SSSR count). The molecule has 5 nitrogen and oxygen atoms in total. The number of nitrogens with zero attached hydrogens (tertiary/aromatic N) is 1. The molecule has 0 saturated carbocycles. The van der Waals surface area contributed by atoms with Gasteiger partial charge in [0.1, 0.15) is 5.69 Å². The highest BCUT2D eigenvalue weighted by atomic mass is 19.4. The van der Waals surface area contributed by atoms with E-state index in [0.29, 0.717) is 12.8 Å². The fraction of sp³-hybridized carbons (Fsp3) is 0.667. The van der Waals surface area contributed by atoms with E-state index in [1.165, 1.54) is 14.2 Å². The normalized spacial score (nSPS) is 13.9. The zero-order valence-electron chi connectivity index (χ0n) is 9.37. The van der Waals surface area contributed by atoms with Crippen LogP contribution < -0.4 is 0 Å². The third-order valence-corrected chi connectivity index (χ3v) is 1.89. The second-order valence-electron chi connectivity index (χ2n) is 3.11. The lowest BCUT2D eigenvalue weighted by Gasteiger charge is -2.13. The van der Waals surface area contributed by atoms with Gasteiger partial charge in [0.2, 0.25) is 6.29 Å². The third-order valence-electron chi connectivity index (χ3n) is 1.89. The fourth-order valence-electron chi connectivity index (χ4n) is 1.10. The Labute approximate surface area is 95.9 Å². The number of rotatable bonds is 6. The van der Waals surface area contributed by atoms with Crippen LogP contribution in [0.15, 0.2) is 6.20 Å². The zero-order valence-corrected chi connectivity index (χ0v) is 9.37. The van der Waals surface area contributed by atoms with E-state index >= 15 is 0 Å². The maximum Gasteiger partial charge on any atom is 0.432 e. The van der Waals surface area contributed by atoms with Crippen LogP contribution in [0.4, 0.5) is 13.2 Å². The minimum atomic E-state index is -4.46. The van der Waals surface area contributed by atoms with Gasteiger partial charge in [-0.1, -0.05) is 0 Å². The molecule has 0 bridgehead atoms. The van der Waals surface area contributed by atoms with Crippen molar-refractivity contribution >= 4 is 0 Å². The highest BCUT2D eigenvalue weighted by Crippen LogP contribution is 2.28. The number of H-pyrrole nitrogens is 1. The van der Waals surface area contributed by atoms with E-state index in [0.717, 1.165) is 0 Å². The number of methoxy groups -OCH3 is 2. The summed E-state index contributed by atoms with van der Waals surface area (Å²) >= 11 is 0. The Kier molecular flexibility index (Phi) is 4.91. The Morgan fingerprint density at radius 3 is 2.53 bits per heavy atom. The topological polar surface area (TPSA) is 56.4 Å². The van der Waals surface area contributed by atoms with E-state index in [1.807, 2.05) is 0 Å². The number of ether oxygens (including phenoxy) is 3. The van der Waals surface area contributed by atoms with Crippen molar-refractivity contribution in [2.24, 2.45) is 0 Å². The summed E-state index contributed by atoms with van der Waals surface area (Å²) in [5.74, 6) is -0.0315. The second kappa shape index (κ2) is 5.99. The molecule has 1 heterocycles. The van der Waals surface area contributed by atoms with Crippen LogP contribution in [0, 0.1) is 0 Å². The van der Waals surface area contributed by atoms with Crippen molar-refractivity contribution in [3.05, 3.63) is 17.7 Å². The van der Waals surface area contributed by atoms with Gasteiger partial charge in [0.05, 0.1) is 19.4 Å². The van der Waals surface area contributed by atoms with Crippen molar-refractivity contribution in [3.8, 4) is 0 Å². The van der Waals surface area contributed by atoms with Gasteiger partial charge < -0.3 is 19.2 Å². The van der Waals surface area contributed by atoms with Crippen molar-refractivity contribution in [2.45, 2.75) is 12.5 Å². The third kappa shape index (κ3) is 3.99. The van der Waals surface area contributed by atoms with Crippen LogP contribution in [0.25, 0.3) is 0 Å². The molecule has 1 unspecified atom stereocenters. The lowest BCUT2D eigenvalue weighted by molar-refractivity contribution is -0.146. The molecule has 0 aliphatic carbocycles. The van der Waals surface area contributed by atoms with Gasteiger partial charge in [0.15, 0.2) is 5.82 Å². The minimum absolute atomic E-state index is 0.0315. The van der Waals surface area contributed by atoms with Crippen molar-refractivity contribution in [1.29, 1.82) is 0 Å². The number of aromatic amines is 1. The Balaban J connectivity index is 2.66. The molecular formula is C9H13F3N2O3. The van der Waals surface area contributed by atoms with Gasteiger partial charge >= 0.3 is 6.18 Å². The summed E-state index contributed by atoms with van der Waals surface area (Å²) < 4.78 is 51.7. The number of nitrogens with one attached hydrogen (secondary N) is 1. The highest BCUT2D eigenvalue weighted by molar-refractivity contribution is 5.05. The Morgan fingerprint density at radius 1 is 1.35 bits per heavy atom. The van der Waals surface area contributed by atoms with Crippen LogP contribution >= 0.6 is 0 Å². The maximum absolute atomic E-state index is 12.3. The Hall–Kier alpha value is -1.12. The van der Waals surface area contributed by atoms with Crippen molar-refractivity contribution < 1.29 is 27.4 Å². The standard InChI is InChI=1S/C9H13F3N2O3/c1-15-3-4-17-8(16-2)7-13-5-6(14-7)9(10,11)12/h5,8H,3-4H2,1-2H3,(H,13,14). The van der Waals surface area contributed by atoms with Gasteiger partial charge in [0, 0.05) is 14.2 Å². The fourth-order valence-corrected chi connectivity index (χ4v) is 1.10. The number of halogens is 3. The van der Waals surface area contributed by atoms with Crippen LogP contribution in [0.1, 0.15) is 17.8 Å². The first kappa shape index (κ1) is 13.9. The molecule has 0 aliphatic rings. The smallest absolute Gasteiger partial charge is 0.382 e. The lowest BCUT2D eigenvalue weighted by atomic mass is 10.5. The van der Waals surface area contributed by atoms with Crippen molar-refractivity contribution in [3.63, 3.8) is 0 Å². The molecule has 0 saturated heterocycles. The van der Waals surface area contributed by atoms with Gasteiger partial charge in [-0.2, -0.15) is 13.2 Å². The van der Waals surface area contributed by atoms with Crippen LogP contribution in [0.3, 0.4) is 0 Å². The Bertz CT molecular complexity index is 340. The van der Waals surface area contributed by atoms with Gasteiger partial charge in [-0.15, -0.1) is 0 Å². The van der Waals surface area contributed by atoms with E-state index < -0.39 is 18.2 Å². The zero-order chi connectivity index (χ0) is 12.9. The number of aromatic nitrogens is 2. The van der Waals surface area contributed by atoms with Gasteiger partial charge in [-0.05, 0) is 0 Å². The molecule has 0 aliphatic heterocycles. The van der Waals surface area contributed by atoms with Gasteiger partial charge in [-0.25, -0.2) is 4.98 Å². The maximum atomic E-state index is 12.3. The predicted molar refractivity (Wildman–Crippen MR) is 51.2 cm³/mol. The summed E-state index contributed by atoms with van der Waals surface area (Å²) in [6.45, 7) is 0.504. The van der Waals surface area contributed by atoms with E-state index in [2.05, 4.69) is 9.97 Å². The highest BCUT2D eigenvalue weighted by Gasteiger charge is 2.33. The number of hydrogen-bond acceptors (Lipinski definition) is 4. The van der Waals surface area contributed by atoms with Gasteiger partial charge in [0.25, 0.3) is 0 Å². The number of hydrogen-bond donors (Lipinski definition) is 1. The van der Waals surface area contributed by atoms with E-state index in [1.54, 1.807) is 0 Å². The molecular weight excluding hydrogens is 241 g/mol. The predicted octanol–water partition coefficient (Wildman–Crippen LogP) is 1.74. The molecule has 0 spiro atoms. The number of alkyl halides is 3. The first-order valence-electron chi connectivity index (χ1n) is 4.74. The van der Waals surface area contributed by atoms with E-state index in [4.69, 9.17) is 14.2 Å². The summed E-state index contributed by atoms with van der Waals surface area (Å²) in [4.78, 5) is 5.67. The largest absolute Gasteiger partial charge is 0.432 e. The monoisotopic (exact) mass is 254 g/mol. The molecule has 1 aromatic rings. The van der Waals surface area contributed by atoms with Crippen LogP contribution in [0.2, 0.25) is 0 Å².